The molecule has 34 heavy (non-hydrogen) atoms. The van der Waals surface area contributed by atoms with E-state index in [1.165, 1.54) is 28.2 Å². The number of nitrogens with two attached hydrogens (primary N) is 1. The number of carbonyl (C=O) groups is 1. The van der Waals surface area contributed by atoms with Crippen molar-refractivity contribution in [2.24, 2.45) is 0 Å². The average Bonchev–Trinajstić information content (AvgIpc) is 3.41. The molecule has 1 aliphatic carbocycles. The van der Waals surface area contributed by atoms with Crippen LogP contribution in [0.3, 0.4) is 0 Å². The molecule has 6 rings (SSSR count). The van der Waals surface area contributed by atoms with Crippen LogP contribution in [0.2, 0.25) is 0 Å². The van der Waals surface area contributed by atoms with Crippen molar-refractivity contribution in [1.82, 2.24) is 4.98 Å². The molecular formula is C27H18N4OS2. The number of aryl methyl sites for hydroxylation is 1. The van der Waals surface area contributed by atoms with Gasteiger partial charge in [0.05, 0.1) is 16.9 Å². The van der Waals surface area contributed by atoms with Gasteiger partial charge in [-0.25, -0.2) is 4.98 Å². The topological polar surface area (TPSA) is 91.8 Å². The van der Waals surface area contributed by atoms with Crippen LogP contribution in [0, 0.1) is 11.3 Å². The number of carbonyl (C=O) groups excluding carboxylic acids is 1. The molecule has 5 nitrogen and oxygen atoms in total. The Morgan fingerprint density at radius 2 is 1.79 bits per heavy atom. The van der Waals surface area contributed by atoms with Crippen molar-refractivity contribution < 1.29 is 4.79 Å². The number of nitriles is 1. The lowest BCUT2D eigenvalue weighted by Gasteiger charge is -2.15. The molecule has 0 saturated carbocycles. The van der Waals surface area contributed by atoms with Gasteiger partial charge in [0.15, 0.2) is 0 Å². The molecule has 164 valence electrons. The van der Waals surface area contributed by atoms with E-state index in [0.717, 1.165) is 45.5 Å². The van der Waals surface area contributed by atoms with Gasteiger partial charge in [0.25, 0.3) is 5.91 Å². The largest absolute Gasteiger partial charge is 0.397 e. The first-order valence-corrected chi connectivity index (χ1v) is 12.5. The Kier molecular flexibility index (Phi) is 4.91. The van der Waals surface area contributed by atoms with Crippen molar-refractivity contribution in [2.75, 3.05) is 11.1 Å². The van der Waals surface area contributed by atoms with Crippen LogP contribution in [-0.4, -0.2) is 10.9 Å². The molecule has 0 fully saturated rings. The highest BCUT2D eigenvalue weighted by Crippen LogP contribution is 2.45. The van der Waals surface area contributed by atoms with E-state index < -0.39 is 0 Å². The lowest BCUT2D eigenvalue weighted by Crippen LogP contribution is -2.12. The Morgan fingerprint density at radius 1 is 1.00 bits per heavy atom. The molecule has 5 aromatic rings. The first-order valence-electron chi connectivity index (χ1n) is 10.8. The zero-order valence-corrected chi connectivity index (χ0v) is 19.6. The zero-order valence-electron chi connectivity index (χ0n) is 18.0. The smallest absolute Gasteiger partial charge is 0.268 e. The van der Waals surface area contributed by atoms with Gasteiger partial charge in [-0.1, -0.05) is 54.6 Å². The number of rotatable bonds is 3. The molecule has 2 aromatic carbocycles. The minimum atomic E-state index is -0.315. The number of benzene rings is 2. The number of amides is 1. The summed E-state index contributed by atoms with van der Waals surface area (Å²) in [5.41, 5.74) is 12.6. The maximum atomic E-state index is 13.3. The standard InChI is InChI=1S/C27H18N4OS2/c28-14-20-18-11-10-15-6-4-5-9-17(15)23(18)33-27(20)31-25(32)24-22(29)19-12-13-21(30-26(19)34-24)16-7-2-1-3-8-16/h1-9,12-13H,10-11,29H2,(H,31,32). The molecule has 0 unspecified atom stereocenters. The fourth-order valence-corrected chi connectivity index (χ4v) is 6.69. The Labute approximate surface area is 204 Å². The average molecular weight is 479 g/mol. The number of thiophene rings is 2. The molecule has 0 radical (unpaired) electrons. The highest BCUT2D eigenvalue weighted by molar-refractivity contribution is 7.22. The van der Waals surface area contributed by atoms with Crippen LogP contribution in [-0.2, 0) is 12.8 Å². The van der Waals surface area contributed by atoms with Gasteiger partial charge in [-0.2, -0.15) is 5.26 Å². The summed E-state index contributed by atoms with van der Waals surface area (Å²) in [6.45, 7) is 0. The van der Waals surface area contributed by atoms with Gasteiger partial charge in [0.2, 0.25) is 0 Å². The van der Waals surface area contributed by atoms with E-state index in [-0.39, 0.29) is 5.91 Å². The Bertz CT molecular complexity index is 1630. The number of pyridine rings is 1. The van der Waals surface area contributed by atoms with Crippen LogP contribution in [0.4, 0.5) is 10.7 Å². The predicted octanol–water partition coefficient (Wildman–Crippen LogP) is 6.50. The van der Waals surface area contributed by atoms with Gasteiger partial charge in [-0.3, -0.25) is 4.79 Å². The molecule has 3 heterocycles. The summed E-state index contributed by atoms with van der Waals surface area (Å²) in [5, 5.41) is 14.2. The third kappa shape index (κ3) is 3.27. The summed E-state index contributed by atoms with van der Waals surface area (Å²) in [6.07, 6.45) is 1.68. The second-order valence-electron chi connectivity index (χ2n) is 8.10. The van der Waals surface area contributed by atoms with E-state index in [2.05, 4.69) is 23.5 Å². The molecule has 7 heteroatoms. The maximum absolute atomic E-state index is 13.3. The van der Waals surface area contributed by atoms with E-state index in [9.17, 15) is 10.1 Å². The quantitative estimate of drug-likeness (QED) is 0.310. The molecule has 1 aliphatic rings. The first-order chi connectivity index (χ1) is 16.6. The number of nitrogens with zero attached hydrogens (tertiary/aromatic N) is 2. The summed E-state index contributed by atoms with van der Waals surface area (Å²) in [6, 6.07) is 24.3. The normalized spacial score (nSPS) is 12.1. The second-order valence-corrected chi connectivity index (χ2v) is 10.1. The molecule has 3 aromatic heterocycles. The van der Waals surface area contributed by atoms with Crippen LogP contribution in [0.5, 0.6) is 0 Å². The van der Waals surface area contributed by atoms with Crippen LogP contribution < -0.4 is 11.1 Å². The molecule has 0 spiro atoms. The summed E-state index contributed by atoms with van der Waals surface area (Å²) >= 11 is 2.73. The van der Waals surface area contributed by atoms with Crippen molar-refractivity contribution in [3.05, 3.63) is 88.3 Å². The lowest BCUT2D eigenvalue weighted by molar-refractivity contribution is 0.103. The number of hydrogen-bond acceptors (Lipinski definition) is 6. The first kappa shape index (κ1) is 20.6. The molecule has 0 aliphatic heterocycles. The van der Waals surface area contributed by atoms with Gasteiger partial charge >= 0.3 is 0 Å². The summed E-state index contributed by atoms with van der Waals surface area (Å²) in [7, 11) is 0. The molecular weight excluding hydrogens is 460 g/mol. The van der Waals surface area contributed by atoms with Crippen LogP contribution in [0.1, 0.15) is 26.4 Å². The van der Waals surface area contributed by atoms with Gasteiger partial charge < -0.3 is 11.1 Å². The highest BCUT2D eigenvalue weighted by atomic mass is 32.1. The van der Waals surface area contributed by atoms with Crippen LogP contribution in [0.15, 0.2) is 66.7 Å². The van der Waals surface area contributed by atoms with Crippen molar-refractivity contribution in [3.8, 4) is 27.8 Å². The second kappa shape index (κ2) is 8.10. The van der Waals surface area contributed by atoms with E-state index in [1.54, 1.807) is 0 Å². The minimum absolute atomic E-state index is 0.315. The zero-order chi connectivity index (χ0) is 23.2. The van der Waals surface area contributed by atoms with Crippen LogP contribution in [0.25, 0.3) is 31.9 Å². The number of aromatic nitrogens is 1. The lowest BCUT2D eigenvalue weighted by atomic mass is 9.90. The summed E-state index contributed by atoms with van der Waals surface area (Å²) < 4.78 is 0. The van der Waals surface area contributed by atoms with E-state index in [1.807, 2.05) is 54.6 Å². The van der Waals surface area contributed by atoms with Crippen molar-refractivity contribution in [1.29, 1.82) is 5.26 Å². The van der Waals surface area contributed by atoms with E-state index >= 15 is 0 Å². The molecule has 0 atom stereocenters. The molecule has 3 N–H and O–H groups in total. The van der Waals surface area contributed by atoms with Crippen molar-refractivity contribution in [2.45, 2.75) is 12.8 Å². The number of anilines is 2. The molecule has 1 amide bonds. The monoisotopic (exact) mass is 478 g/mol. The summed E-state index contributed by atoms with van der Waals surface area (Å²) in [5.74, 6) is -0.315. The number of nitrogen functional groups attached to an aromatic ring is 1. The van der Waals surface area contributed by atoms with E-state index in [0.29, 0.717) is 26.0 Å². The molecule has 0 saturated heterocycles. The Balaban J connectivity index is 1.36. The van der Waals surface area contributed by atoms with Gasteiger partial charge in [0, 0.05) is 15.8 Å². The number of hydrogen-bond donors (Lipinski definition) is 2. The van der Waals surface area contributed by atoms with Gasteiger partial charge in [-0.15, -0.1) is 22.7 Å². The van der Waals surface area contributed by atoms with Gasteiger partial charge in [-0.05, 0) is 41.7 Å². The SMILES string of the molecule is N#Cc1c(NC(=O)c2sc3nc(-c4ccccc4)ccc3c2N)sc2c1CCc1ccccc1-2. The minimum Gasteiger partial charge on any atom is -0.397 e. The summed E-state index contributed by atoms with van der Waals surface area (Å²) in [4.78, 5) is 20.2. The number of nitrogens with one attached hydrogen (secondary N) is 1. The van der Waals surface area contributed by atoms with Crippen LogP contribution >= 0.6 is 22.7 Å². The predicted molar refractivity (Wildman–Crippen MR) is 139 cm³/mol. The fraction of sp³-hybridized carbons (Fsp3) is 0.0741. The number of fused-ring (bicyclic) bond motifs is 4. The third-order valence-corrected chi connectivity index (χ3v) is 8.42. The van der Waals surface area contributed by atoms with Crippen molar-refractivity contribution >= 4 is 49.5 Å². The Morgan fingerprint density at radius 3 is 2.62 bits per heavy atom. The van der Waals surface area contributed by atoms with Crippen molar-refractivity contribution in [3.63, 3.8) is 0 Å². The van der Waals surface area contributed by atoms with Gasteiger partial charge in [0.1, 0.15) is 20.8 Å². The maximum Gasteiger partial charge on any atom is 0.268 e. The highest BCUT2D eigenvalue weighted by Gasteiger charge is 2.26. The molecule has 0 bridgehead atoms. The fourth-order valence-electron chi connectivity index (χ4n) is 4.44. The van der Waals surface area contributed by atoms with E-state index in [4.69, 9.17) is 10.7 Å². The third-order valence-electron chi connectivity index (χ3n) is 6.12. The Hall–Kier alpha value is -3.99.